The molecule has 36 heavy (non-hydrogen) atoms. The van der Waals surface area contributed by atoms with E-state index in [9.17, 15) is 36.2 Å². The number of hydrogen-bond acceptors (Lipinski definition) is 2. The molecule has 1 aliphatic heterocycles. The van der Waals surface area contributed by atoms with Crippen LogP contribution in [0.1, 0.15) is 80.3 Å². The highest BCUT2D eigenvalue weighted by molar-refractivity contribution is 5.67. The number of likely N-dealkylation sites (tertiary alicyclic amines) is 1. The summed E-state index contributed by atoms with van der Waals surface area (Å²) in [7, 11) is 0. The van der Waals surface area contributed by atoms with Crippen molar-refractivity contribution < 1.29 is 36.2 Å². The Balaban J connectivity index is 1.99. The zero-order chi connectivity index (χ0) is 26.7. The van der Waals surface area contributed by atoms with Crippen molar-refractivity contribution in [3.8, 4) is 0 Å². The molecule has 1 aliphatic rings. The van der Waals surface area contributed by atoms with Crippen molar-refractivity contribution in [3.63, 3.8) is 0 Å². The van der Waals surface area contributed by atoms with Gasteiger partial charge in [0.15, 0.2) is 0 Å². The van der Waals surface area contributed by atoms with Gasteiger partial charge in [0.25, 0.3) is 0 Å². The smallest absolute Gasteiger partial charge is 0.416 e. The van der Waals surface area contributed by atoms with Crippen molar-refractivity contribution in [2.45, 2.75) is 70.4 Å². The number of carboxylic acid groups (broad SMARTS) is 1. The molecule has 198 valence electrons. The minimum absolute atomic E-state index is 0.0398. The fourth-order valence-electron chi connectivity index (χ4n) is 4.99. The lowest BCUT2D eigenvalue weighted by Gasteiger charge is -2.44. The van der Waals surface area contributed by atoms with Crippen LogP contribution in [0.15, 0.2) is 48.5 Å². The van der Waals surface area contributed by atoms with E-state index in [0.29, 0.717) is 42.9 Å². The predicted molar refractivity (Wildman–Crippen MR) is 124 cm³/mol. The van der Waals surface area contributed by atoms with E-state index in [2.05, 4.69) is 18.7 Å². The molecule has 3 atom stereocenters. The molecule has 0 radical (unpaired) electrons. The summed E-state index contributed by atoms with van der Waals surface area (Å²) in [5.41, 5.74) is -0.167. The number of halogens is 6. The first-order valence-electron chi connectivity index (χ1n) is 12.1. The van der Waals surface area contributed by atoms with Crippen LogP contribution in [0.3, 0.4) is 0 Å². The van der Waals surface area contributed by atoms with E-state index in [1.54, 1.807) is 0 Å². The average molecular weight is 516 g/mol. The number of piperidine rings is 1. The first-order chi connectivity index (χ1) is 16.8. The second-order valence-electron chi connectivity index (χ2n) is 9.97. The lowest BCUT2D eigenvalue weighted by molar-refractivity contribution is -0.139. The molecule has 0 aliphatic carbocycles. The Labute approximate surface area is 207 Å². The normalized spacial score (nSPS) is 20.5. The Morgan fingerprint density at radius 2 is 1.44 bits per heavy atom. The van der Waals surface area contributed by atoms with Gasteiger partial charge in [-0.05, 0) is 79.5 Å². The van der Waals surface area contributed by atoms with E-state index >= 15 is 0 Å². The molecule has 3 rings (SSSR count). The molecule has 0 aromatic heterocycles. The fraction of sp³-hybridized carbons (Fsp3) is 0.519. The Bertz CT molecular complexity index is 999. The number of alkyl halides is 6. The van der Waals surface area contributed by atoms with Crippen molar-refractivity contribution in [3.05, 3.63) is 70.8 Å². The Hall–Kier alpha value is -2.55. The van der Waals surface area contributed by atoms with Gasteiger partial charge in [0.1, 0.15) is 0 Å². The van der Waals surface area contributed by atoms with Crippen molar-refractivity contribution in [2.24, 2.45) is 11.8 Å². The van der Waals surface area contributed by atoms with Gasteiger partial charge in [-0.15, -0.1) is 0 Å². The minimum atomic E-state index is -4.48. The third kappa shape index (κ3) is 7.24. The van der Waals surface area contributed by atoms with Crippen molar-refractivity contribution in [1.29, 1.82) is 0 Å². The maximum atomic E-state index is 13.1. The van der Waals surface area contributed by atoms with Crippen molar-refractivity contribution >= 4 is 5.97 Å². The Morgan fingerprint density at radius 3 is 1.92 bits per heavy atom. The fourth-order valence-corrected chi connectivity index (χ4v) is 4.99. The minimum Gasteiger partial charge on any atom is -0.481 e. The summed E-state index contributed by atoms with van der Waals surface area (Å²) in [5, 5.41) is 9.31. The second kappa shape index (κ2) is 11.2. The van der Waals surface area contributed by atoms with Gasteiger partial charge in [0.05, 0.1) is 11.1 Å². The van der Waals surface area contributed by atoms with Gasteiger partial charge in [-0.3, -0.25) is 9.69 Å². The first kappa shape index (κ1) is 28.0. The molecule has 0 saturated carbocycles. The maximum absolute atomic E-state index is 13.1. The quantitative estimate of drug-likeness (QED) is 0.361. The lowest BCUT2D eigenvalue weighted by Crippen LogP contribution is -2.40. The molecule has 0 amide bonds. The van der Waals surface area contributed by atoms with Gasteiger partial charge in [-0.25, -0.2) is 0 Å². The molecule has 3 nitrogen and oxygen atoms in total. The number of carboxylic acids is 1. The zero-order valence-corrected chi connectivity index (χ0v) is 20.2. The summed E-state index contributed by atoms with van der Waals surface area (Å²) in [6, 6.07) is 9.35. The molecule has 1 N–H and O–H groups in total. The SMILES string of the molecule is CC(C)CCC(c1ccc(C(F)(F)F)cc1)N1CC[C@@H](CC(=O)O)C[C@H]1c1ccc(C(F)(F)F)cc1. The number of nitrogens with zero attached hydrogens (tertiary/aromatic N) is 1. The van der Waals surface area contributed by atoms with Gasteiger partial charge in [-0.1, -0.05) is 38.1 Å². The van der Waals surface area contributed by atoms with E-state index in [0.717, 1.165) is 30.7 Å². The molecule has 9 heteroatoms. The molecule has 1 saturated heterocycles. The lowest BCUT2D eigenvalue weighted by atomic mass is 9.82. The van der Waals surface area contributed by atoms with Gasteiger partial charge in [-0.2, -0.15) is 26.3 Å². The van der Waals surface area contributed by atoms with Crippen molar-refractivity contribution in [1.82, 2.24) is 4.90 Å². The largest absolute Gasteiger partial charge is 0.481 e. The van der Waals surface area contributed by atoms with Gasteiger partial charge in [0.2, 0.25) is 0 Å². The molecule has 1 fully saturated rings. The average Bonchev–Trinajstić information content (AvgIpc) is 2.78. The van der Waals surface area contributed by atoms with E-state index in [1.807, 2.05) is 0 Å². The summed E-state index contributed by atoms with van der Waals surface area (Å²) in [6.07, 6.45) is -6.48. The second-order valence-corrected chi connectivity index (χ2v) is 9.97. The Kier molecular flexibility index (Phi) is 8.75. The third-order valence-electron chi connectivity index (χ3n) is 6.88. The molecule has 0 bridgehead atoms. The van der Waals surface area contributed by atoms with Crippen LogP contribution >= 0.6 is 0 Å². The predicted octanol–water partition coefficient (Wildman–Crippen LogP) is 8.13. The summed E-state index contributed by atoms with van der Waals surface area (Å²) in [6.45, 7) is 4.60. The summed E-state index contributed by atoms with van der Waals surface area (Å²) >= 11 is 0. The number of carbonyl (C=O) groups is 1. The number of hydrogen-bond donors (Lipinski definition) is 1. The first-order valence-corrected chi connectivity index (χ1v) is 12.1. The molecular formula is C27H31F6NO2. The van der Waals surface area contributed by atoms with Crippen molar-refractivity contribution in [2.75, 3.05) is 6.54 Å². The third-order valence-corrected chi connectivity index (χ3v) is 6.88. The highest BCUT2D eigenvalue weighted by Gasteiger charge is 2.37. The molecule has 0 spiro atoms. The van der Waals surface area contributed by atoms with E-state index in [4.69, 9.17) is 0 Å². The zero-order valence-electron chi connectivity index (χ0n) is 20.2. The molecule has 2 aromatic rings. The van der Waals surface area contributed by atoms with Gasteiger partial charge < -0.3 is 5.11 Å². The molecular weight excluding hydrogens is 484 g/mol. The maximum Gasteiger partial charge on any atom is 0.416 e. The standard InChI is InChI=1S/C27H31F6NO2/c1-17(2)3-12-23(19-4-8-21(9-5-19)26(28,29)30)34-14-13-18(16-25(35)36)15-24(34)20-6-10-22(11-7-20)27(31,32)33/h4-11,17-18,23-24H,3,12-16H2,1-2H3,(H,35,36)/t18-,23?,24+/m1/s1. The molecule has 1 unspecified atom stereocenters. The Morgan fingerprint density at radius 1 is 0.917 bits per heavy atom. The van der Waals surface area contributed by atoms with E-state index < -0.39 is 29.4 Å². The van der Waals surface area contributed by atoms with Gasteiger partial charge >= 0.3 is 18.3 Å². The van der Waals surface area contributed by atoms with Crippen LogP contribution in [0.2, 0.25) is 0 Å². The topological polar surface area (TPSA) is 40.5 Å². The van der Waals surface area contributed by atoms with Crippen LogP contribution in [0.25, 0.3) is 0 Å². The highest BCUT2D eigenvalue weighted by Crippen LogP contribution is 2.43. The molecule has 2 aromatic carbocycles. The molecule has 1 heterocycles. The summed E-state index contributed by atoms with van der Waals surface area (Å²) < 4.78 is 78.8. The number of rotatable bonds is 8. The monoisotopic (exact) mass is 515 g/mol. The number of aliphatic carboxylic acids is 1. The summed E-state index contributed by atoms with van der Waals surface area (Å²) in [5.74, 6) is -0.737. The van der Waals surface area contributed by atoms with E-state index in [1.165, 1.54) is 24.3 Å². The van der Waals surface area contributed by atoms with Crippen LogP contribution in [0.4, 0.5) is 26.3 Å². The van der Waals surface area contributed by atoms with E-state index in [-0.39, 0.29) is 24.4 Å². The van der Waals surface area contributed by atoms with Crippen LogP contribution in [0, 0.1) is 11.8 Å². The number of benzene rings is 2. The van der Waals surface area contributed by atoms with Crippen LogP contribution < -0.4 is 0 Å². The van der Waals surface area contributed by atoms with Crippen LogP contribution in [-0.4, -0.2) is 22.5 Å². The van der Waals surface area contributed by atoms with Crippen LogP contribution in [0.5, 0.6) is 0 Å². The van der Waals surface area contributed by atoms with Gasteiger partial charge in [0, 0.05) is 18.5 Å². The van der Waals surface area contributed by atoms with Crippen LogP contribution in [-0.2, 0) is 17.1 Å². The summed E-state index contributed by atoms with van der Waals surface area (Å²) in [4.78, 5) is 13.5. The highest BCUT2D eigenvalue weighted by atomic mass is 19.4.